The average Bonchev–Trinajstić information content (AvgIpc) is 2.04. The van der Waals surface area contributed by atoms with Crippen molar-refractivity contribution in [2.75, 3.05) is 0 Å². The molecule has 1 heteroatoms. The Kier molecular flexibility index (Phi) is 1.51. The van der Waals surface area contributed by atoms with Crippen LogP contribution in [0.3, 0.4) is 0 Å². The topological polar surface area (TPSA) is 16.6 Å². The van der Waals surface area contributed by atoms with Crippen LogP contribution in [0, 0.1) is 0 Å². The minimum Gasteiger partial charge on any atom is -0.308 e. The fourth-order valence-corrected chi connectivity index (χ4v) is 1.41. The van der Waals surface area contributed by atoms with Gasteiger partial charge in [-0.25, -0.2) is 0 Å². The second-order valence-corrected chi connectivity index (χ2v) is 3.01. The van der Waals surface area contributed by atoms with Crippen molar-refractivity contribution in [1.82, 2.24) is 0 Å². The summed E-state index contributed by atoms with van der Waals surface area (Å²) in [6, 6.07) is 9.06. The highest BCUT2D eigenvalue weighted by Crippen LogP contribution is 2.14. The van der Waals surface area contributed by atoms with E-state index < -0.39 is 0 Å². The normalized spacial score (nSPS) is 21.4. The molecule has 1 unspecified atom stereocenters. The molecule has 1 aliphatic rings. The maximum absolute atomic E-state index is 2.29. The molecule has 2 rings (SSSR count). The molecule has 0 amide bonds. The van der Waals surface area contributed by atoms with Gasteiger partial charge >= 0.3 is 0 Å². The van der Waals surface area contributed by atoms with E-state index in [4.69, 9.17) is 0 Å². The lowest BCUT2D eigenvalue weighted by molar-refractivity contribution is -0.596. The maximum atomic E-state index is 2.29. The minimum atomic E-state index is 0.588. The average molecular weight is 146 g/mol. The van der Waals surface area contributed by atoms with Gasteiger partial charge in [0.2, 0.25) is 0 Å². The summed E-state index contributed by atoms with van der Waals surface area (Å²) >= 11 is 0. The highest BCUT2D eigenvalue weighted by atomic mass is 14.9. The van der Waals surface area contributed by atoms with Crippen molar-refractivity contribution in [3.63, 3.8) is 0 Å². The van der Waals surface area contributed by atoms with Crippen LogP contribution in [0.15, 0.2) is 30.3 Å². The molecule has 0 aromatic heterocycles. The Hall–Kier alpha value is -1.08. The number of hydrogen-bond acceptors (Lipinski definition) is 0. The molecule has 0 fully saturated rings. The van der Waals surface area contributed by atoms with Gasteiger partial charge in [-0.15, -0.1) is 0 Å². The monoisotopic (exact) mass is 146 g/mol. The summed E-state index contributed by atoms with van der Waals surface area (Å²) in [7, 11) is 0. The van der Waals surface area contributed by atoms with E-state index in [0.717, 1.165) is 0 Å². The molecule has 1 heterocycles. The van der Waals surface area contributed by atoms with Crippen LogP contribution in [-0.4, -0.2) is 6.04 Å². The highest BCUT2D eigenvalue weighted by Gasteiger charge is 2.10. The first-order valence-corrected chi connectivity index (χ1v) is 3.98. The zero-order valence-electron chi connectivity index (χ0n) is 6.62. The molecule has 0 bridgehead atoms. The van der Waals surface area contributed by atoms with Gasteiger partial charge in [-0.1, -0.05) is 12.1 Å². The van der Waals surface area contributed by atoms with Crippen molar-refractivity contribution in [2.24, 2.45) is 0 Å². The van der Waals surface area contributed by atoms with Gasteiger partial charge < -0.3 is 5.32 Å². The van der Waals surface area contributed by atoms with Gasteiger partial charge in [0, 0.05) is 5.56 Å². The van der Waals surface area contributed by atoms with E-state index in [-0.39, 0.29) is 0 Å². The summed E-state index contributed by atoms with van der Waals surface area (Å²) in [5, 5.41) is 2.29. The molecule has 0 saturated carbocycles. The summed E-state index contributed by atoms with van der Waals surface area (Å²) in [5.41, 5.74) is 2.70. The zero-order chi connectivity index (χ0) is 7.68. The van der Waals surface area contributed by atoms with Crippen molar-refractivity contribution in [2.45, 2.75) is 13.0 Å². The van der Waals surface area contributed by atoms with E-state index in [1.165, 1.54) is 11.3 Å². The van der Waals surface area contributed by atoms with Gasteiger partial charge in [-0.05, 0) is 31.2 Å². The third-order valence-corrected chi connectivity index (χ3v) is 2.02. The number of fused-ring (bicyclic) bond motifs is 1. The molecule has 1 aromatic rings. The van der Waals surface area contributed by atoms with Crippen LogP contribution < -0.4 is 5.32 Å². The van der Waals surface area contributed by atoms with Crippen molar-refractivity contribution < 1.29 is 5.32 Å². The Labute approximate surface area is 66.7 Å². The van der Waals surface area contributed by atoms with E-state index >= 15 is 0 Å². The van der Waals surface area contributed by atoms with Gasteiger partial charge in [0.15, 0.2) is 0 Å². The first kappa shape index (κ1) is 6.62. The van der Waals surface area contributed by atoms with Gasteiger partial charge in [0.25, 0.3) is 0 Å². The molecule has 56 valence electrons. The molecule has 11 heavy (non-hydrogen) atoms. The number of nitrogens with two attached hydrogens (primary N) is 1. The Morgan fingerprint density at radius 2 is 2.09 bits per heavy atom. The van der Waals surface area contributed by atoms with Crippen LogP contribution in [0.2, 0.25) is 0 Å². The summed E-state index contributed by atoms with van der Waals surface area (Å²) < 4.78 is 0. The zero-order valence-corrected chi connectivity index (χ0v) is 6.62. The van der Waals surface area contributed by atoms with Gasteiger partial charge in [0.1, 0.15) is 11.7 Å². The highest BCUT2D eigenvalue weighted by molar-refractivity contribution is 5.61. The van der Waals surface area contributed by atoms with E-state index in [1.54, 1.807) is 0 Å². The predicted molar refractivity (Wildman–Crippen MR) is 46.5 cm³/mol. The van der Waals surface area contributed by atoms with Crippen LogP contribution in [0.4, 0.5) is 5.69 Å². The van der Waals surface area contributed by atoms with Crippen molar-refractivity contribution in [3.05, 3.63) is 35.9 Å². The van der Waals surface area contributed by atoms with E-state index in [2.05, 4.69) is 48.7 Å². The molecule has 2 N–H and O–H groups in total. The van der Waals surface area contributed by atoms with Gasteiger partial charge in [-0.2, -0.15) is 0 Å². The number of para-hydroxylation sites is 1. The second kappa shape index (κ2) is 2.51. The van der Waals surface area contributed by atoms with Crippen LogP contribution in [0.5, 0.6) is 0 Å². The second-order valence-electron chi connectivity index (χ2n) is 3.01. The first-order valence-electron chi connectivity index (χ1n) is 3.98. The summed E-state index contributed by atoms with van der Waals surface area (Å²) in [6.45, 7) is 2.20. The largest absolute Gasteiger partial charge is 0.308 e. The van der Waals surface area contributed by atoms with E-state index in [0.29, 0.717) is 6.04 Å². The third-order valence-electron chi connectivity index (χ3n) is 2.02. The summed E-state index contributed by atoms with van der Waals surface area (Å²) in [5.74, 6) is 0. The van der Waals surface area contributed by atoms with Gasteiger partial charge in [-0.3, -0.25) is 0 Å². The molecule has 0 saturated heterocycles. The Balaban J connectivity index is 2.46. The minimum absolute atomic E-state index is 0.588. The van der Waals surface area contributed by atoms with E-state index in [9.17, 15) is 0 Å². The lowest BCUT2D eigenvalue weighted by Gasteiger charge is -2.12. The molecule has 0 spiro atoms. The summed E-state index contributed by atoms with van der Waals surface area (Å²) in [6.07, 6.45) is 4.42. The lowest BCUT2D eigenvalue weighted by atomic mass is 10.1. The standard InChI is InChI=1S/C10H11N/c1-8-6-7-9-4-2-3-5-10(9)11-8/h2-8,11H,1H3/p+1. The van der Waals surface area contributed by atoms with Crippen LogP contribution >= 0.6 is 0 Å². The lowest BCUT2D eigenvalue weighted by Crippen LogP contribution is -2.84. The molecule has 1 atom stereocenters. The smallest absolute Gasteiger partial charge is 0.137 e. The molecule has 0 aliphatic carbocycles. The van der Waals surface area contributed by atoms with Crippen LogP contribution in [0.25, 0.3) is 6.08 Å². The number of rotatable bonds is 0. The summed E-state index contributed by atoms with van der Waals surface area (Å²) in [4.78, 5) is 0. The molecular formula is C10H12N+. The number of benzene rings is 1. The predicted octanol–water partition coefficient (Wildman–Crippen LogP) is 1.30. The van der Waals surface area contributed by atoms with Crippen molar-refractivity contribution >= 4 is 11.8 Å². The Morgan fingerprint density at radius 3 is 3.00 bits per heavy atom. The number of hydrogen-bond donors (Lipinski definition) is 1. The third kappa shape index (κ3) is 1.19. The Morgan fingerprint density at radius 1 is 1.27 bits per heavy atom. The fraction of sp³-hybridized carbons (Fsp3) is 0.200. The maximum Gasteiger partial charge on any atom is 0.137 e. The van der Waals surface area contributed by atoms with Crippen molar-refractivity contribution in [3.8, 4) is 0 Å². The first-order chi connectivity index (χ1) is 5.36. The van der Waals surface area contributed by atoms with Crippen LogP contribution in [0.1, 0.15) is 12.5 Å². The molecule has 1 aromatic carbocycles. The Bertz CT molecular complexity index is 289. The molecule has 1 aliphatic heterocycles. The molecule has 0 radical (unpaired) electrons. The van der Waals surface area contributed by atoms with Gasteiger partial charge in [0.05, 0.1) is 0 Å². The number of quaternary nitrogens is 1. The van der Waals surface area contributed by atoms with Crippen molar-refractivity contribution in [1.29, 1.82) is 0 Å². The molecule has 1 nitrogen and oxygen atoms in total. The SMILES string of the molecule is CC1C=Cc2ccccc2[NH2+]1. The quantitative estimate of drug-likeness (QED) is 0.531. The van der Waals surface area contributed by atoms with Crippen LogP contribution in [-0.2, 0) is 0 Å². The fourth-order valence-electron chi connectivity index (χ4n) is 1.41. The molecular weight excluding hydrogens is 134 g/mol. The van der Waals surface area contributed by atoms with E-state index in [1.807, 2.05) is 0 Å².